The van der Waals surface area contributed by atoms with Gasteiger partial charge in [0.1, 0.15) is 0 Å². The van der Waals surface area contributed by atoms with E-state index in [-0.39, 0.29) is 6.61 Å². The number of benzene rings is 1. The molecule has 0 aliphatic heterocycles. The maximum Gasteiger partial charge on any atom is 0.0682 e. The predicted molar refractivity (Wildman–Crippen MR) is 85.7 cm³/mol. The van der Waals surface area contributed by atoms with E-state index in [1.165, 1.54) is 5.69 Å². The van der Waals surface area contributed by atoms with Crippen molar-refractivity contribution in [2.75, 3.05) is 38.6 Å². The van der Waals surface area contributed by atoms with E-state index < -0.39 is 0 Å². The summed E-state index contributed by atoms with van der Waals surface area (Å²) in [4.78, 5) is 4.60. The molecule has 0 amide bonds. The van der Waals surface area contributed by atoms with Gasteiger partial charge in [0.15, 0.2) is 0 Å². The van der Waals surface area contributed by atoms with Gasteiger partial charge in [-0.3, -0.25) is 0 Å². The first-order chi connectivity index (χ1) is 8.93. The maximum absolute atomic E-state index is 9.17. The Morgan fingerprint density at radius 2 is 1.89 bits per heavy atom. The van der Waals surface area contributed by atoms with E-state index in [4.69, 9.17) is 0 Å². The van der Waals surface area contributed by atoms with Gasteiger partial charge in [0.2, 0.25) is 0 Å². The molecule has 0 spiro atoms. The zero-order valence-corrected chi connectivity index (χ0v) is 13.9. The van der Waals surface area contributed by atoms with Gasteiger partial charge in [-0.1, -0.05) is 19.9 Å². The Bertz CT molecular complexity index is 394. The lowest BCUT2D eigenvalue weighted by Crippen LogP contribution is -2.34. The van der Waals surface area contributed by atoms with Crippen LogP contribution in [0.25, 0.3) is 0 Å². The molecule has 0 aliphatic rings. The molecule has 1 rings (SSSR count). The van der Waals surface area contributed by atoms with Crippen molar-refractivity contribution in [1.29, 1.82) is 0 Å². The van der Waals surface area contributed by atoms with Gasteiger partial charge >= 0.3 is 0 Å². The summed E-state index contributed by atoms with van der Waals surface area (Å²) < 4.78 is 1.05. The van der Waals surface area contributed by atoms with Gasteiger partial charge in [-0.2, -0.15) is 0 Å². The van der Waals surface area contributed by atoms with Crippen LogP contribution in [-0.2, 0) is 6.61 Å². The third kappa shape index (κ3) is 5.51. The average molecular weight is 329 g/mol. The van der Waals surface area contributed by atoms with E-state index in [1.807, 2.05) is 12.1 Å². The summed E-state index contributed by atoms with van der Waals surface area (Å²) in [6.45, 7) is 7.62. The molecule has 0 fully saturated rings. The molecular weight excluding hydrogens is 304 g/mol. The standard InChI is InChI=1S/C15H25BrN2O/c1-12(2)10-18(8-7-17(3)4)15-6-5-13(11-19)9-14(15)16/h5-6,9,12,19H,7-8,10-11H2,1-4H3. The molecule has 0 unspecified atom stereocenters. The van der Waals surface area contributed by atoms with Crippen molar-refractivity contribution in [3.63, 3.8) is 0 Å². The van der Waals surface area contributed by atoms with Crippen molar-refractivity contribution in [2.24, 2.45) is 5.92 Å². The first-order valence-corrected chi connectivity index (χ1v) is 7.52. The van der Waals surface area contributed by atoms with Gasteiger partial charge in [-0.25, -0.2) is 0 Å². The molecule has 108 valence electrons. The first kappa shape index (κ1) is 16.5. The van der Waals surface area contributed by atoms with Crippen molar-refractivity contribution in [1.82, 2.24) is 4.90 Å². The molecule has 0 radical (unpaired) electrons. The van der Waals surface area contributed by atoms with Gasteiger partial charge in [-0.15, -0.1) is 0 Å². The largest absolute Gasteiger partial charge is 0.392 e. The molecule has 1 N–H and O–H groups in total. The number of rotatable bonds is 7. The van der Waals surface area contributed by atoms with Gasteiger partial charge in [-0.05, 0) is 53.6 Å². The SMILES string of the molecule is CC(C)CN(CCN(C)C)c1ccc(CO)cc1Br. The minimum Gasteiger partial charge on any atom is -0.392 e. The van der Waals surface area contributed by atoms with Crippen LogP contribution in [0.4, 0.5) is 5.69 Å². The van der Waals surface area contributed by atoms with Crippen LogP contribution in [0.5, 0.6) is 0 Å². The monoisotopic (exact) mass is 328 g/mol. The molecule has 4 heteroatoms. The number of aliphatic hydroxyl groups is 1. The van der Waals surface area contributed by atoms with Gasteiger partial charge in [0, 0.05) is 24.1 Å². The first-order valence-electron chi connectivity index (χ1n) is 6.73. The van der Waals surface area contributed by atoms with Crippen LogP contribution in [-0.4, -0.2) is 43.7 Å². The lowest BCUT2D eigenvalue weighted by atomic mass is 10.1. The number of halogens is 1. The molecule has 19 heavy (non-hydrogen) atoms. The van der Waals surface area contributed by atoms with Gasteiger partial charge in [0.25, 0.3) is 0 Å². The van der Waals surface area contributed by atoms with Crippen molar-refractivity contribution in [3.05, 3.63) is 28.2 Å². The second kappa shape index (κ2) is 7.88. The van der Waals surface area contributed by atoms with Crippen LogP contribution in [0.2, 0.25) is 0 Å². The number of likely N-dealkylation sites (N-methyl/N-ethyl adjacent to an activating group) is 1. The quantitative estimate of drug-likeness (QED) is 0.833. The van der Waals surface area contributed by atoms with E-state index in [2.05, 4.69) is 59.7 Å². The smallest absolute Gasteiger partial charge is 0.0682 e. The van der Waals surface area contributed by atoms with E-state index in [9.17, 15) is 5.11 Å². The van der Waals surface area contributed by atoms with Gasteiger partial charge < -0.3 is 14.9 Å². The number of aliphatic hydroxyl groups excluding tert-OH is 1. The Hall–Kier alpha value is -0.580. The topological polar surface area (TPSA) is 26.7 Å². The fourth-order valence-corrected chi connectivity index (χ4v) is 2.65. The Morgan fingerprint density at radius 1 is 1.21 bits per heavy atom. The highest BCUT2D eigenvalue weighted by Gasteiger charge is 2.12. The van der Waals surface area contributed by atoms with E-state index >= 15 is 0 Å². The minimum atomic E-state index is 0.0841. The number of nitrogens with zero attached hydrogens (tertiary/aromatic N) is 2. The molecule has 0 atom stereocenters. The summed E-state index contributed by atoms with van der Waals surface area (Å²) in [6, 6.07) is 6.08. The summed E-state index contributed by atoms with van der Waals surface area (Å²) in [5, 5.41) is 9.17. The molecule has 0 heterocycles. The zero-order valence-electron chi connectivity index (χ0n) is 12.4. The molecule has 0 aliphatic carbocycles. The molecule has 0 bridgehead atoms. The molecule has 1 aromatic rings. The second-order valence-corrected chi connectivity index (χ2v) is 6.44. The highest BCUT2D eigenvalue weighted by atomic mass is 79.9. The van der Waals surface area contributed by atoms with Crippen molar-refractivity contribution in [3.8, 4) is 0 Å². The van der Waals surface area contributed by atoms with Crippen LogP contribution >= 0.6 is 15.9 Å². The zero-order chi connectivity index (χ0) is 14.4. The fraction of sp³-hybridized carbons (Fsp3) is 0.600. The average Bonchev–Trinajstić information content (AvgIpc) is 2.34. The predicted octanol–water partition coefficient (Wildman–Crippen LogP) is 2.97. The van der Waals surface area contributed by atoms with E-state index in [1.54, 1.807) is 0 Å². The Labute approximate surface area is 125 Å². The number of hydrogen-bond donors (Lipinski definition) is 1. The fourth-order valence-electron chi connectivity index (χ4n) is 1.98. The van der Waals surface area contributed by atoms with Crippen molar-refractivity contribution < 1.29 is 5.11 Å². The summed E-state index contributed by atoms with van der Waals surface area (Å²) in [6.07, 6.45) is 0. The molecule has 0 saturated carbocycles. The van der Waals surface area contributed by atoms with Crippen LogP contribution in [0.15, 0.2) is 22.7 Å². The Morgan fingerprint density at radius 3 is 2.37 bits per heavy atom. The van der Waals surface area contributed by atoms with E-state index in [0.717, 1.165) is 29.7 Å². The highest BCUT2D eigenvalue weighted by Crippen LogP contribution is 2.28. The molecule has 3 nitrogen and oxygen atoms in total. The van der Waals surface area contributed by atoms with Crippen molar-refractivity contribution >= 4 is 21.6 Å². The molecule has 1 aromatic carbocycles. The van der Waals surface area contributed by atoms with Crippen LogP contribution in [0, 0.1) is 5.92 Å². The van der Waals surface area contributed by atoms with Crippen LogP contribution in [0.1, 0.15) is 19.4 Å². The summed E-state index contributed by atoms with van der Waals surface area (Å²) in [5.74, 6) is 0.617. The molecule has 0 aromatic heterocycles. The summed E-state index contributed by atoms with van der Waals surface area (Å²) in [7, 11) is 4.19. The van der Waals surface area contributed by atoms with Crippen LogP contribution < -0.4 is 4.90 Å². The maximum atomic E-state index is 9.17. The lowest BCUT2D eigenvalue weighted by Gasteiger charge is -2.29. The lowest BCUT2D eigenvalue weighted by molar-refractivity contribution is 0.282. The minimum absolute atomic E-state index is 0.0841. The summed E-state index contributed by atoms with van der Waals surface area (Å²) >= 11 is 3.62. The molecule has 0 saturated heterocycles. The van der Waals surface area contributed by atoms with E-state index in [0.29, 0.717) is 5.92 Å². The van der Waals surface area contributed by atoms with Crippen molar-refractivity contribution in [2.45, 2.75) is 20.5 Å². The van der Waals surface area contributed by atoms with Crippen LogP contribution in [0.3, 0.4) is 0 Å². The number of anilines is 1. The third-order valence-corrected chi connectivity index (χ3v) is 3.57. The Balaban J connectivity index is 2.89. The molecular formula is C15H25BrN2O. The second-order valence-electron chi connectivity index (χ2n) is 5.59. The summed E-state index contributed by atoms with van der Waals surface area (Å²) in [5.41, 5.74) is 2.14. The van der Waals surface area contributed by atoms with Gasteiger partial charge in [0.05, 0.1) is 12.3 Å². The number of hydrogen-bond acceptors (Lipinski definition) is 3. The third-order valence-electron chi connectivity index (χ3n) is 2.94. The Kier molecular flexibility index (Phi) is 6.83. The normalized spacial score (nSPS) is 11.4. The highest BCUT2D eigenvalue weighted by molar-refractivity contribution is 9.10.